The monoisotopic (exact) mass is 567 g/mol. The summed E-state index contributed by atoms with van der Waals surface area (Å²) in [5, 5.41) is 5.91. The van der Waals surface area contributed by atoms with Gasteiger partial charge in [-0.05, 0) is 35.7 Å². The molecule has 0 N–H and O–H groups in total. The van der Waals surface area contributed by atoms with Gasteiger partial charge in [-0.15, -0.1) is 11.3 Å². The quantitative estimate of drug-likeness (QED) is 0.209. The van der Waals surface area contributed by atoms with Gasteiger partial charge >= 0.3 is 0 Å². The van der Waals surface area contributed by atoms with Crippen molar-refractivity contribution in [1.82, 2.24) is 23.9 Å². The van der Waals surface area contributed by atoms with Gasteiger partial charge < -0.3 is 4.40 Å². The van der Waals surface area contributed by atoms with E-state index in [-0.39, 0.29) is 0 Å². The van der Waals surface area contributed by atoms with Crippen LogP contribution in [-0.4, -0.2) is 23.9 Å². The molecule has 5 nitrogen and oxygen atoms in total. The Kier molecular flexibility index (Phi) is 4.54. The summed E-state index contributed by atoms with van der Waals surface area (Å²) < 4.78 is 6.82. The van der Waals surface area contributed by atoms with E-state index < -0.39 is 0 Å². The average molecular weight is 568 g/mol. The molecule has 0 amide bonds. The predicted octanol–water partition coefficient (Wildman–Crippen LogP) is 9.56. The predicted molar refractivity (Wildman–Crippen MR) is 178 cm³/mol. The highest BCUT2D eigenvalue weighted by Gasteiger charge is 2.22. The molecule has 0 saturated carbocycles. The Hall–Kier alpha value is -5.59. The van der Waals surface area contributed by atoms with Crippen LogP contribution in [0.1, 0.15) is 0 Å². The largest absolute Gasteiger partial charge is 0.305 e. The molecule has 5 heterocycles. The molecule has 0 bridgehead atoms. The molecule has 200 valence electrons. The molecule has 0 fully saturated rings. The summed E-state index contributed by atoms with van der Waals surface area (Å²) in [4.78, 5) is 15.8. The second kappa shape index (κ2) is 8.47. The molecule has 0 spiro atoms. The van der Waals surface area contributed by atoms with Crippen molar-refractivity contribution < 1.29 is 0 Å². The zero-order valence-corrected chi connectivity index (χ0v) is 23.6. The van der Waals surface area contributed by atoms with Crippen LogP contribution in [-0.2, 0) is 0 Å². The highest BCUT2D eigenvalue weighted by Crippen LogP contribution is 2.41. The maximum atomic E-state index is 5.37. The fourth-order valence-electron chi connectivity index (χ4n) is 6.77. The van der Waals surface area contributed by atoms with E-state index in [1.54, 1.807) is 11.3 Å². The van der Waals surface area contributed by atoms with Crippen molar-refractivity contribution >= 4 is 80.9 Å². The van der Waals surface area contributed by atoms with Crippen molar-refractivity contribution in [2.24, 2.45) is 0 Å². The van der Waals surface area contributed by atoms with Crippen LogP contribution >= 0.6 is 11.3 Å². The van der Waals surface area contributed by atoms with Crippen LogP contribution in [0.4, 0.5) is 0 Å². The highest BCUT2D eigenvalue weighted by molar-refractivity contribution is 7.26. The molecular formula is C37H21N5S. The van der Waals surface area contributed by atoms with Gasteiger partial charge in [-0.25, -0.2) is 15.0 Å². The number of benzene rings is 5. The van der Waals surface area contributed by atoms with Gasteiger partial charge in [-0.2, -0.15) is 0 Å². The maximum absolute atomic E-state index is 5.37. The van der Waals surface area contributed by atoms with Gasteiger partial charge in [0.25, 0.3) is 0 Å². The molecule has 43 heavy (non-hydrogen) atoms. The minimum absolute atomic E-state index is 0.606. The summed E-state index contributed by atoms with van der Waals surface area (Å²) in [6.45, 7) is 0. The Morgan fingerprint density at radius 2 is 1.37 bits per heavy atom. The van der Waals surface area contributed by atoms with Crippen LogP contribution < -0.4 is 0 Å². The number of hydrogen-bond donors (Lipinski definition) is 0. The Balaban J connectivity index is 1.48. The first-order valence-electron chi connectivity index (χ1n) is 14.3. The molecule has 6 heteroatoms. The molecule has 0 radical (unpaired) electrons. The number of hydrogen-bond acceptors (Lipinski definition) is 4. The van der Waals surface area contributed by atoms with E-state index in [9.17, 15) is 0 Å². The first kappa shape index (κ1) is 23.0. The third kappa shape index (κ3) is 3.07. The van der Waals surface area contributed by atoms with E-state index in [2.05, 4.69) is 118 Å². The molecule has 0 aliphatic rings. The van der Waals surface area contributed by atoms with Gasteiger partial charge in [0.1, 0.15) is 0 Å². The number of nitrogens with zero attached hydrogens (tertiary/aromatic N) is 5. The van der Waals surface area contributed by atoms with Crippen LogP contribution in [0.15, 0.2) is 128 Å². The van der Waals surface area contributed by atoms with E-state index in [0.717, 1.165) is 59.8 Å². The number of fused-ring (bicyclic) bond motifs is 8. The topological polar surface area (TPSA) is 48.0 Å². The second-order valence-corrected chi connectivity index (χ2v) is 11.9. The van der Waals surface area contributed by atoms with Crippen molar-refractivity contribution in [2.75, 3.05) is 0 Å². The normalized spacial score (nSPS) is 12.2. The number of para-hydroxylation sites is 1. The summed E-state index contributed by atoms with van der Waals surface area (Å²) in [5.74, 6) is 0.606. The molecule has 10 rings (SSSR count). The lowest BCUT2D eigenvalue weighted by atomic mass is 10.0. The van der Waals surface area contributed by atoms with Crippen molar-refractivity contribution in [3.05, 3.63) is 128 Å². The first-order chi connectivity index (χ1) is 21.3. The first-order valence-corrected chi connectivity index (χ1v) is 15.1. The molecule has 0 aliphatic heterocycles. The molecule has 0 atom stereocenters. The fraction of sp³-hybridized carbons (Fsp3) is 0. The third-order valence-electron chi connectivity index (χ3n) is 8.57. The number of pyridine rings is 1. The minimum Gasteiger partial charge on any atom is -0.305 e. The van der Waals surface area contributed by atoms with E-state index in [1.807, 2.05) is 18.3 Å². The molecule has 5 aromatic heterocycles. The Bertz CT molecular complexity index is 2720. The van der Waals surface area contributed by atoms with Crippen LogP contribution in [0.25, 0.3) is 86.8 Å². The summed E-state index contributed by atoms with van der Waals surface area (Å²) in [6, 6.07) is 42.7. The smallest absolute Gasteiger partial charge is 0.237 e. The zero-order valence-electron chi connectivity index (χ0n) is 22.8. The SMILES string of the molecule is c1ccc(-c2nc(-n3c4cccc5ccc6c7ccccc7n(c7cccnc73)c6c54)nc3c2sc2ccccc23)cc1. The van der Waals surface area contributed by atoms with Gasteiger partial charge in [-0.1, -0.05) is 91.0 Å². The number of aromatic nitrogens is 5. The van der Waals surface area contributed by atoms with Crippen molar-refractivity contribution in [1.29, 1.82) is 0 Å². The van der Waals surface area contributed by atoms with Crippen molar-refractivity contribution in [2.45, 2.75) is 0 Å². The molecule has 10 aromatic rings. The average Bonchev–Trinajstić information content (AvgIpc) is 3.57. The lowest BCUT2D eigenvalue weighted by Crippen LogP contribution is -2.05. The van der Waals surface area contributed by atoms with E-state index in [4.69, 9.17) is 15.0 Å². The van der Waals surface area contributed by atoms with Crippen LogP contribution in [0.3, 0.4) is 0 Å². The minimum atomic E-state index is 0.606. The third-order valence-corrected chi connectivity index (χ3v) is 9.74. The van der Waals surface area contributed by atoms with Crippen molar-refractivity contribution in [3.63, 3.8) is 0 Å². The van der Waals surface area contributed by atoms with Gasteiger partial charge in [0, 0.05) is 38.0 Å². The maximum Gasteiger partial charge on any atom is 0.237 e. The Morgan fingerprint density at radius 3 is 2.30 bits per heavy atom. The summed E-state index contributed by atoms with van der Waals surface area (Å²) in [7, 11) is 0. The molecule has 0 saturated heterocycles. The number of rotatable bonds is 2. The van der Waals surface area contributed by atoms with E-state index in [0.29, 0.717) is 5.95 Å². The summed E-state index contributed by atoms with van der Waals surface area (Å²) >= 11 is 1.75. The molecular weight excluding hydrogens is 547 g/mol. The summed E-state index contributed by atoms with van der Waals surface area (Å²) in [6.07, 6.45) is 1.86. The standard InChI is InChI=1S/C37H21N5S/c1-2-10-23(11-3-1)32-35-33(26-14-5-7-18-30(26)43-35)40-37(39-32)42-28-16-8-12-22-19-20-25-24-13-4-6-15-27(24)41(34(25)31(22)28)29-17-9-21-38-36(29)42/h1-21H. The van der Waals surface area contributed by atoms with Gasteiger partial charge in [0.15, 0.2) is 5.65 Å². The van der Waals surface area contributed by atoms with Gasteiger partial charge in [-0.3, -0.25) is 4.57 Å². The molecule has 0 aliphatic carbocycles. The lowest BCUT2D eigenvalue weighted by Gasteiger charge is -2.12. The van der Waals surface area contributed by atoms with Gasteiger partial charge in [0.2, 0.25) is 5.95 Å². The fourth-order valence-corrected chi connectivity index (χ4v) is 7.92. The second-order valence-electron chi connectivity index (χ2n) is 10.9. The van der Waals surface area contributed by atoms with Crippen molar-refractivity contribution in [3.8, 4) is 17.2 Å². The molecule has 5 aromatic carbocycles. The number of thiophene rings is 1. The Morgan fingerprint density at radius 1 is 0.581 bits per heavy atom. The van der Waals surface area contributed by atoms with Crippen LogP contribution in [0.5, 0.6) is 0 Å². The lowest BCUT2D eigenvalue weighted by molar-refractivity contribution is 0.993. The molecule has 0 unspecified atom stereocenters. The van der Waals surface area contributed by atoms with Gasteiger partial charge in [0.05, 0.1) is 38.0 Å². The highest BCUT2D eigenvalue weighted by atomic mass is 32.1. The Labute approximate surface area is 248 Å². The van der Waals surface area contributed by atoms with E-state index >= 15 is 0 Å². The zero-order chi connectivity index (χ0) is 28.1. The van der Waals surface area contributed by atoms with Crippen LogP contribution in [0.2, 0.25) is 0 Å². The van der Waals surface area contributed by atoms with Crippen LogP contribution in [0, 0.1) is 0 Å². The van der Waals surface area contributed by atoms with E-state index in [1.165, 1.54) is 21.0 Å². The summed E-state index contributed by atoms with van der Waals surface area (Å²) in [5.41, 5.74) is 8.10.